The maximum absolute atomic E-state index is 11.4. The molecule has 0 bridgehead atoms. The first-order valence-electron chi connectivity index (χ1n) is 3.81. The molecular formula is C7H11N3O2S. The summed E-state index contributed by atoms with van der Waals surface area (Å²) in [5.74, 6) is -0.236. The van der Waals surface area contributed by atoms with E-state index in [-0.39, 0.29) is 11.8 Å². The molecule has 0 aliphatic heterocycles. The number of amides is 1. The second kappa shape index (κ2) is 4.88. The molecule has 1 heterocycles. The normalized spacial score (nSPS) is 12.5. The van der Waals surface area contributed by atoms with Crippen molar-refractivity contribution in [3.8, 4) is 0 Å². The maximum atomic E-state index is 11.4. The van der Waals surface area contributed by atoms with Crippen LogP contribution in [-0.4, -0.2) is 29.2 Å². The molecule has 5 nitrogen and oxygen atoms in total. The molecule has 1 rings (SSSR count). The van der Waals surface area contributed by atoms with E-state index in [1.807, 2.05) is 0 Å². The van der Waals surface area contributed by atoms with Crippen molar-refractivity contribution in [3.05, 3.63) is 6.20 Å². The molecule has 72 valence electrons. The minimum atomic E-state index is -0.160. The third-order valence-corrected chi connectivity index (χ3v) is 2.05. The lowest BCUT2D eigenvalue weighted by Gasteiger charge is -2.08. The summed E-state index contributed by atoms with van der Waals surface area (Å²) in [6.07, 6.45) is 1.52. The van der Waals surface area contributed by atoms with Gasteiger partial charge in [-0.2, -0.15) is 0 Å². The average Bonchev–Trinajstić information content (AvgIpc) is 2.57. The van der Waals surface area contributed by atoms with Gasteiger partial charge in [0.05, 0.1) is 18.7 Å². The monoisotopic (exact) mass is 201 g/mol. The highest BCUT2D eigenvalue weighted by Gasteiger charge is 2.12. The predicted octanol–water partition coefficient (Wildman–Crippen LogP) is 0.759. The standard InChI is InChI=1S/C7H11N3O2S/c1-5(4-12-2)7(11)9-6-3-8-10-13-6/h3,5H,4H2,1-2H3,(H,9,11)/t5-/m0/s1. The SMILES string of the molecule is COC[C@H](C)C(=O)Nc1cnns1. The number of nitrogens with one attached hydrogen (secondary N) is 1. The molecule has 13 heavy (non-hydrogen) atoms. The number of rotatable bonds is 4. The quantitative estimate of drug-likeness (QED) is 0.781. The summed E-state index contributed by atoms with van der Waals surface area (Å²) in [6.45, 7) is 2.21. The molecule has 6 heteroatoms. The van der Waals surface area contributed by atoms with Crippen LogP contribution in [0, 0.1) is 5.92 Å². The lowest BCUT2D eigenvalue weighted by molar-refractivity contribution is -0.120. The van der Waals surface area contributed by atoms with E-state index < -0.39 is 0 Å². The molecule has 1 amide bonds. The average molecular weight is 201 g/mol. The van der Waals surface area contributed by atoms with Crippen molar-refractivity contribution < 1.29 is 9.53 Å². The number of carbonyl (C=O) groups excluding carboxylic acids is 1. The Morgan fingerprint density at radius 1 is 1.85 bits per heavy atom. The molecule has 0 spiro atoms. The molecular weight excluding hydrogens is 190 g/mol. The first kappa shape index (κ1) is 10.1. The van der Waals surface area contributed by atoms with Crippen LogP contribution in [0.15, 0.2) is 6.20 Å². The van der Waals surface area contributed by atoms with Crippen molar-refractivity contribution in [2.75, 3.05) is 19.0 Å². The third kappa shape index (κ3) is 3.08. The zero-order valence-corrected chi connectivity index (χ0v) is 8.30. The first-order chi connectivity index (χ1) is 6.24. The number of hydrogen-bond acceptors (Lipinski definition) is 5. The number of anilines is 1. The Kier molecular flexibility index (Phi) is 3.78. The van der Waals surface area contributed by atoms with E-state index in [1.165, 1.54) is 6.20 Å². The van der Waals surface area contributed by atoms with Gasteiger partial charge < -0.3 is 10.1 Å². The maximum Gasteiger partial charge on any atom is 0.230 e. The number of hydrogen-bond donors (Lipinski definition) is 1. The highest BCUT2D eigenvalue weighted by atomic mass is 32.1. The molecule has 1 aromatic rings. The molecule has 0 radical (unpaired) electrons. The van der Waals surface area contributed by atoms with E-state index in [0.717, 1.165) is 11.5 Å². The van der Waals surface area contributed by atoms with Gasteiger partial charge in [0.15, 0.2) is 0 Å². The second-order valence-electron chi connectivity index (χ2n) is 2.63. The lowest BCUT2D eigenvalue weighted by Crippen LogP contribution is -2.23. The van der Waals surface area contributed by atoms with Crippen LogP contribution in [0.4, 0.5) is 5.00 Å². The fourth-order valence-corrected chi connectivity index (χ4v) is 1.22. The van der Waals surface area contributed by atoms with Gasteiger partial charge in [0, 0.05) is 18.6 Å². The van der Waals surface area contributed by atoms with E-state index >= 15 is 0 Å². The fraction of sp³-hybridized carbons (Fsp3) is 0.571. The number of methoxy groups -OCH3 is 1. The minimum absolute atomic E-state index is 0.0760. The van der Waals surface area contributed by atoms with E-state index in [0.29, 0.717) is 11.6 Å². The number of nitrogens with zero attached hydrogens (tertiary/aromatic N) is 2. The van der Waals surface area contributed by atoms with Crippen LogP contribution in [-0.2, 0) is 9.53 Å². The Balaban J connectivity index is 2.41. The summed E-state index contributed by atoms with van der Waals surface area (Å²) in [4.78, 5) is 11.4. The summed E-state index contributed by atoms with van der Waals surface area (Å²) in [5, 5.41) is 6.94. The van der Waals surface area contributed by atoms with Crippen LogP contribution in [0.3, 0.4) is 0 Å². The zero-order chi connectivity index (χ0) is 9.68. The molecule has 0 saturated heterocycles. The smallest absolute Gasteiger partial charge is 0.230 e. The fourth-order valence-electron chi connectivity index (χ4n) is 0.793. The zero-order valence-electron chi connectivity index (χ0n) is 7.48. The van der Waals surface area contributed by atoms with Crippen molar-refractivity contribution in [2.45, 2.75) is 6.92 Å². The van der Waals surface area contributed by atoms with Crippen molar-refractivity contribution >= 4 is 22.4 Å². The minimum Gasteiger partial charge on any atom is -0.384 e. The summed E-state index contributed by atoms with van der Waals surface area (Å²) in [5.41, 5.74) is 0. The van der Waals surface area contributed by atoms with Gasteiger partial charge in [-0.15, -0.1) is 5.10 Å². The lowest BCUT2D eigenvalue weighted by atomic mass is 10.2. The van der Waals surface area contributed by atoms with Crippen molar-refractivity contribution in [1.29, 1.82) is 0 Å². The topological polar surface area (TPSA) is 64.1 Å². The highest BCUT2D eigenvalue weighted by molar-refractivity contribution is 7.10. The van der Waals surface area contributed by atoms with Crippen LogP contribution in [0.25, 0.3) is 0 Å². The van der Waals surface area contributed by atoms with Gasteiger partial charge in [-0.1, -0.05) is 11.4 Å². The van der Waals surface area contributed by atoms with Crippen LogP contribution in [0.5, 0.6) is 0 Å². The molecule has 1 aromatic heterocycles. The molecule has 0 saturated carbocycles. The van der Waals surface area contributed by atoms with Gasteiger partial charge in [-0.05, 0) is 0 Å². The van der Waals surface area contributed by atoms with E-state index in [4.69, 9.17) is 4.74 Å². The van der Waals surface area contributed by atoms with Crippen LogP contribution in [0.1, 0.15) is 6.92 Å². The third-order valence-electron chi connectivity index (χ3n) is 1.47. The Hall–Kier alpha value is -1.01. The summed E-state index contributed by atoms with van der Waals surface area (Å²) < 4.78 is 8.48. The number of aromatic nitrogens is 2. The molecule has 0 aromatic carbocycles. The largest absolute Gasteiger partial charge is 0.384 e. The Morgan fingerprint density at radius 3 is 3.15 bits per heavy atom. The van der Waals surface area contributed by atoms with E-state index in [2.05, 4.69) is 14.9 Å². The molecule has 0 unspecified atom stereocenters. The van der Waals surface area contributed by atoms with Crippen molar-refractivity contribution in [2.24, 2.45) is 5.92 Å². The highest BCUT2D eigenvalue weighted by Crippen LogP contribution is 2.10. The van der Waals surface area contributed by atoms with Gasteiger partial charge >= 0.3 is 0 Å². The predicted molar refractivity (Wildman–Crippen MR) is 49.6 cm³/mol. The summed E-state index contributed by atoms with van der Waals surface area (Å²) in [7, 11) is 1.57. The van der Waals surface area contributed by atoms with Gasteiger partial charge in [0.2, 0.25) is 5.91 Å². The Labute approximate surface area is 80.3 Å². The van der Waals surface area contributed by atoms with Gasteiger partial charge in [0.25, 0.3) is 0 Å². The molecule has 0 fully saturated rings. The second-order valence-corrected chi connectivity index (χ2v) is 3.41. The first-order valence-corrected chi connectivity index (χ1v) is 4.58. The molecule has 1 N–H and O–H groups in total. The molecule has 0 aliphatic carbocycles. The molecule has 1 atom stereocenters. The van der Waals surface area contributed by atoms with Crippen molar-refractivity contribution in [1.82, 2.24) is 9.59 Å². The van der Waals surface area contributed by atoms with Crippen LogP contribution < -0.4 is 5.32 Å². The van der Waals surface area contributed by atoms with Crippen LogP contribution in [0.2, 0.25) is 0 Å². The Morgan fingerprint density at radius 2 is 2.62 bits per heavy atom. The van der Waals surface area contributed by atoms with Crippen molar-refractivity contribution in [3.63, 3.8) is 0 Å². The van der Waals surface area contributed by atoms with Gasteiger partial charge in [0.1, 0.15) is 5.00 Å². The summed E-state index contributed by atoms with van der Waals surface area (Å²) in [6, 6.07) is 0. The van der Waals surface area contributed by atoms with E-state index in [1.54, 1.807) is 14.0 Å². The number of ether oxygens (including phenoxy) is 1. The summed E-state index contributed by atoms with van der Waals surface area (Å²) >= 11 is 1.15. The Bertz CT molecular complexity index is 263. The van der Waals surface area contributed by atoms with Crippen LogP contribution >= 0.6 is 11.5 Å². The van der Waals surface area contributed by atoms with E-state index in [9.17, 15) is 4.79 Å². The molecule has 0 aliphatic rings. The van der Waals surface area contributed by atoms with Gasteiger partial charge in [-0.25, -0.2) is 0 Å². The van der Waals surface area contributed by atoms with Gasteiger partial charge in [-0.3, -0.25) is 4.79 Å². The number of carbonyl (C=O) groups is 1.